The summed E-state index contributed by atoms with van der Waals surface area (Å²) in [7, 11) is 1.17. The number of hydrogen-bond donors (Lipinski definition) is 0. The van der Waals surface area contributed by atoms with Crippen molar-refractivity contribution in [3.63, 3.8) is 0 Å². The van der Waals surface area contributed by atoms with E-state index in [1.165, 1.54) is 9.12 Å². The zero-order valence-corrected chi connectivity index (χ0v) is 15.5. The number of carbonyl (C=O) groups excluding carboxylic acids is 2. The predicted octanol–water partition coefficient (Wildman–Crippen LogP) is 4.73. The van der Waals surface area contributed by atoms with Crippen molar-refractivity contribution in [3.8, 4) is 0 Å². The average Bonchev–Trinajstić information content (AvgIpc) is 2.58. The van der Waals surface area contributed by atoms with Crippen molar-refractivity contribution in [2.75, 3.05) is 6.61 Å². The standard InChI is InChI=1S/C17H14Cl2O3.H2OP/c1-2-22-17(21)14(11-7-4-3-5-8-11)16(20)15-12(18)9-6-10-13(15)19;1-2/h3-10,14H,2H2,1H3;2H2/q;+1. The molecule has 2 atom stereocenters. The van der Waals surface area contributed by atoms with E-state index >= 15 is 0 Å². The maximum Gasteiger partial charge on any atom is 0.321 e. The second kappa shape index (κ2) is 10.2. The highest BCUT2D eigenvalue weighted by molar-refractivity contribution is 7.00. The van der Waals surface area contributed by atoms with Gasteiger partial charge in [-0.1, -0.05) is 64.2 Å². The molecule has 4 nitrogen and oxygen atoms in total. The highest BCUT2D eigenvalue weighted by atomic mass is 35.5. The SMILES string of the molecule is CCOC(=O)C(C(=O)c1c(Cl)cccc1Cl)c1ccccc1.O=[PH2+]. The van der Waals surface area contributed by atoms with E-state index in [0.29, 0.717) is 5.56 Å². The van der Waals surface area contributed by atoms with Crippen molar-refractivity contribution in [2.45, 2.75) is 12.8 Å². The highest BCUT2D eigenvalue weighted by Gasteiger charge is 2.32. The molecule has 0 saturated heterocycles. The third-order valence-corrected chi connectivity index (χ3v) is 3.76. The number of carbonyl (C=O) groups is 2. The molecule has 2 aromatic carbocycles. The molecule has 0 radical (unpaired) electrons. The Labute approximate surface area is 152 Å². The molecule has 7 heteroatoms. The molecule has 0 aromatic heterocycles. The molecule has 24 heavy (non-hydrogen) atoms. The summed E-state index contributed by atoms with van der Waals surface area (Å²) >= 11 is 12.2. The van der Waals surface area contributed by atoms with E-state index in [1.807, 2.05) is 0 Å². The number of benzene rings is 2. The number of Topliss-reactive ketones (excluding diaryl/α,β-unsaturated/α-hetero) is 1. The van der Waals surface area contributed by atoms with Crippen LogP contribution in [0.4, 0.5) is 0 Å². The number of hydrogen-bond acceptors (Lipinski definition) is 4. The molecule has 2 aromatic rings. The summed E-state index contributed by atoms with van der Waals surface area (Å²) < 4.78 is 13.2. The molecular formula is C17H16Cl2O4P+. The molecule has 0 spiro atoms. The van der Waals surface area contributed by atoms with Crippen LogP contribution in [-0.2, 0) is 14.1 Å². The highest BCUT2D eigenvalue weighted by Crippen LogP contribution is 2.31. The molecule has 0 aliphatic rings. The van der Waals surface area contributed by atoms with Crippen LogP contribution in [0.15, 0.2) is 48.5 Å². The normalized spacial score (nSPS) is 11.0. The first-order valence-electron chi connectivity index (χ1n) is 6.99. The molecule has 0 aliphatic heterocycles. The van der Waals surface area contributed by atoms with Crippen LogP contribution in [-0.4, -0.2) is 18.4 Å². The van der Waals surface area contributed by atoms with Gasteiger partial charge in [0.25, 0.3) is 0 Å². The summed E-state index contributed by atoms with van der Waals surface area (Å²) in [5.41, 5.74) is 0.676. The van der Waals surface area contributed by atoms with Crippen LogP contribution in [0, 0.1) is 0 Å². The zero-order chi connectivity index (χ0) is 18.1. The molecule has 0 heterocycles. The number of ether oxygens (including phenoxy) is 1. The maximum absolute atomic E-state index is 12.8. The summed E-state index contributed by atoms with van der Waals surface area (Å²) in [6.45, 7) is 1.87. The maximum atomic E-state index is 12.8. The summed E-state index contributed by atoms with van der Waals surface area (Å²) in [6.07, 6.45) is 0. The Morgan fingerprint density at radius 2 is 1.54 bits per heavy atom. The van der Waals surface area contributed by atoms with Gasteiger partial charge in [-0.25, -0.2) is 0 Å². The third kappa shape index (κ3) is 4.88. The van der Waals surface area contributed by atoms with Crippen LogP contribution < -0.4 is 0 Å². The second-order valence-corrected chi connectivity index (χ2v) is 5.37. The first-order valence-corrected chi connectivity index (χ1v) is 8.22. The average molecular weight is 386 g/mol. The van der Waals surface area contributed by atoms with E-state index in [1.54, 1.807) is 55.5 Å². The minimum absolute atomic E-state index is 0.132. The molecule has 126 valence electrons. The smallest absolute Gasteiger partial charge is 0.321 e. The van der Waals surface area contributed by atoms with E-state index in [2.05, 4.69) is 0 Å². The summed E-state index contributed by atoms with van der Waals surface area (Å²) in [4.78, 5) is 25.1. The van der Waals surface area contributed by atoms with Crippen LogP contribution >= 0.6 is 32.3 Å². The Bertz CT molecular complexity index is 687. The topological polar surface area (TPSA) is 60.4 Å². The van der Waals surface area contributed by atoms with Gasteiger partial charge in [0.1, 0.15) is 5.92 Å². The summed E-state index contributed by atoms with van der Waals surface area (Å²) in [5.74, 6) is -2.17. The number of rotatable bonds is 5. The lowest BCUT2D eigenvalue weighted by molar-refractivity contribution is -0.143. The number of ketones is 1. The largest absolute Gasteiger partial charge is 0.465 e. The molecule has 0 fully saturated rings. The lowest BCUT2D eigenvalue weighted by Crippen LogP contribution is -2.25. The van der Waals surface area contributed by atoms with Gasteiger partial charge in [-0.2, -0.15) is 0 Å². The number of halogens is 2. The van der Waals surface area contributed by atoms with Crippen molar-refractivity contribution < 1.29 is 18.9 Å². The van der Waals surface area contributed by atoms with Crippen molar-refractivity contribution in [2.24, 2.45) is 0 Å². The van der Waals surface area contributed by atoms with Gasteiger partial charge in [0.2, 0.25) is 0 Å². The van der Waals surface area contributed by atoms with E-state index < -0.39 is 17.7 Å². The fraction of sp³-hybridized carbons (Fsp3) is 0.176. The van der Waals surface area contributed by atoms with E-state index in [9.17, 15) is 9.59 Å². The molecule has 0 aliphatic carbocycles. The zero-order valence-electron chi connectivity index (χ0n) is 12.9. The molecule has 0 amide bonds. The second-order valence-electron chi connectivity index (χ2n) is 4.56. The number of esters is 1. The van der Waals surface area contributed by atoms with Crippen molar-refractivity contribution in [3.05, 3.63) is 69.7 Å². The van der Waals surface area contributed by atoms with Crippen molar-refractivity contribution in [1.29, 1.82) is 0 Å². The van der Waals surface area contributed by atoms with Crippen molar-refractivity contribution >= 4 is 44.1 Å². The quantitative estimate of drug-likeness (QED) is 0.323. The van der Waals surface area contributed by atoms with Crippen LogP contribution in [0.1, 0.15) is 28.8 Å². The molecular weight excluding hydrogens is 370 g/mol. The van der Waals surface area contributed by atoms with E-state index in [0.717, 1.165) is 0 Å². The molecule has 2 rings (SSSR count). The minimum atomic E-state index is -1.08. The summed E-state index contributed by atoms with van der Waals surface area (Å²) in [5, 5.41) is 0.422. The monoisotopic (exact) mass is 385 g/mol. The van der Waals surface area contributed by atoms with Crippen LogP contribution in [0.5, 0.6) is 0 Å². The molecule has 2 unspecified atom stereocenters. The van der Waals surface area contributed by atoms with Gasteiger partial charge < -0.3 is 4.74 Å². The van der Waals surface area contributed by atoms with Gasteiger partial charge in [0, 0.05) is 0 Å². The van der Waals surface area contributed by atoms with Crippen LogP contribution in [0.2, 0.25) is 10.0 Å². The fourth-order valence-corrected chi connectivity index (χ4v) is 2.73. The van der Waals surface area contributed by atoms with Crippen LogP contribution in [0.3, 0.4) is 0 Å². The van der Waals surface area contributed by atoms with Gasteiger partial charge in [-0.15, -0.1) is 0 Å². The van der Waals surface area contributed by atoms with E-state index in [-0.39, 0.29) is 22.2 Å². The molecule has 0 N–H and O–H groups in total. The first-order chi connectivity index (χ1) is 11.6. The van der Waals surface area contributed by atoms with Crippen molar-refractivity contribution in [1.82, 2.24) is 0 Å². The van der Waals surface area contributed by atoms with Gasteiger partial charge >= 0.3 is 15.1 Å². The Morgan fingerprint density at radius 1 is 1.00 bits per heavy atom. The minimum Gasteiger partial charge on any atom is -0.465 e. The first kappa shape index (κ1) is 20.3. The Balaban J connectivity index is 0.00000139. The van der Waals surface area contributed by atoms with Gasteiger partial charge in [0.15, 0.2) is 5.78 Å². The van der Waals surface area contributed by atoms with Crippen LogP contribution in [0.25, 0.3) is 0 Å². The van der Waals surface area contributed by atoms with Gasteiger partial charge in [-0.3, -0.25) is 9.59 Å². The molecule has 0 saturated carbocycles. The predicted molar refractivity (Wildman–Crippen MR) is 97.0 cm³/mol. The van der Waals surface area contributed by atoms with E-state index in [4.69, 9.17) is 32.5 Å². The Kier molecular flexibility index (Phi) is 8.62. The fourth-order valence-electron chi connectivity index (χ4n) is 2.14. The van der Waals surface area contributed by atoms with Gasteiger partial charge in [0.05, 0.1) is 22.2 Å². The lowest BCUT2D eigenvalue weighted by Gasteiger charge is -2.16. The Morgan fingerprint density at radius 3 is 2.04 bits per heavy atom. The lowest BCUT2D eigenvalue weighted by atomic mass is 9.90. The molecule has 0 bridgehead atoms. The van der Waals surface area contributed by atoms with Gasteiger partial charge in [-0.05, 0) is 24.6 Å². The summed E-state index contributed by atoms with van der Waals surface area (Å²) in [6, 6.07) is 13.5. The Hall–Kier alpha value is -1.74. The third-order valence-electron chi connectivity index (χ3n) is 3.13.